The highest BCUT2D eigenvalue weighted by molar-refractivity contribution is 5.98. The van der Waals surface area contributed by atoms with Crippen LogP contribution in [0, 0.1) is 5.92 Å². The van der Waals surface area contributed by atoms with Gasteiger partial charge in [0.2, 0.25) is 0 Å². The number of aromatic amines is 1. The molecule has 0 saturated heterocycles. The highest BCUT2D eigenvalue weighted by atomic mass is 16.4. The Labute approximate surface area is 169 Å². The second-order valence-corrected chi connectivity index (χ2v) is 7.69. The van der Waals surface area contributed by atoms with Crippen LogP contribution in [0.1, 0.15) is 31.0 Å². The standard InChI is InChI=1S/C24H24N2O3/c1-15-14-26(22(16(2)23(15)27)17-8-4-3-5-9-17)21(24(28)29)12-18-13-25-20-11-7-6-10-19(18)20/h3-11,13-14,16,21-22,25H,12H2,1-2H3,(H,28,29)/t16-,21+,22+/m1/s1. The van der Waals surface area contributed by atoms with Crippen molar-refractivity contribution in [3.63, 3.8) is 0 Å². The van der Waals surface area contributed by atoms with E-state index in [9.17, 15) is 14.7 Å². The van der Waals surface area contributed by atoms with Crippen molar-refractivity contribution >= 4 is 22.7 Å². The maximum Gasteiger partial charge on any atom is 0.326 e. The summed E-state index contributed by atoms with van der Waals surface area (Å²) in [5.74, 6) is -1.17. The number of nitrogens with one attached hydrogen (secondary N) is 1. The number of allylic oxidation sites excluding steroid dienone is 1. The van der Waals surface area contributed by atoms with Gasteiger partial charge in [-0.15, -0.1) is 0 Å². The Bertz CT molecular complexity index is 1080. The quantitative estimate of drug-likeness (QED) is 0.682. The molecule has 0 bridgehead atoms. The minimum Gasteiger partial charge on any atom is -0.480 e. The zero-order valence-electron chi connectivity index (χ0n) is 16.5. The van der Waals surface area contributed by atoms with Crippen molar-refractivity contribution in [2.24, 2.45) is 5.92 Å². The number of fused-ring (bicyclic) bond motifs is 1. The van der Waals surface area contributed by atoms with Crippen molar-refractivity contribution in [1.82, 2.24) is 9.88 Å². The van der Waals surface area contributed by atoms with E-state index in [-0.39, 0.29) is 17.7 Å². The first-order valence-electron chi connectivity index (χ1n) is 9.80. The summed E-state index contributed by atoms with van der Waals surface area (Å²) in [6, 6.07) is 16.5. The molecule has 3 atom stereocenters. The van der Waals surface area contributed by atoms with Crippen LogP contribution in [-0.4, -0.2) is 32.8 Å². The van der Waals surface area contributed by atoms with E-state index in [0.717, 1.165) is 22.0 Å². The van der Waals surface area contributed by atoms with Crippen molar-refractivity contribution < 1.29 is 14.7 Å². The first-order valence-corrected chi connectivity index (χ1v) is 9.80. The molecule has 0 saturated carbocycles. The third-order valence-electron chi connectivity index (χ3n) is 5.81. The average molecular weight is 388 g/mol. The molecule has 1 aliphatic heterocycles. The largest absolute Gasteiger partial charge is 0.480 e. The number of rotatable bonds is 5. The number of benzene rings is 2. The minimum absolute atomic E-state index is 0.0614. The van der Waals surface area contributed by atoms with Gasteiger partial charge in [-0.3, -0.25) is 4.79 Å². The summed E-state index contributed by atoms with van der Waals surface area (Å²) in [5.41, 5.74) is 3.48. The molecule has 2 N–H and O–H groups in total. The van der Waals surface area contributed by atoms with Crippen LogP contribution < -0.4 is 0 Å². The second kappa shape index (κ2) is 7.59. The maximum absolute atomic E-state index is 12.7. The summed E-state index contributed by atoms with van der Waals surface area (Å²) in [7, 11) is 0. The molecule has 0 radical (unpaired) electrons. The van der Waals surface area contributed by atoms with E-state index in [1.807, 2.05) is 72.6 Å². The normalized spacial score (nSPS) is 20.6. The maximum atomic E-state index is 12.7. The highest BCUT2D eigenvalue weighted by Gasteiger charge is 2.40. The van der Waals surface area contributed by atoms with Gasteiger partial charge in [0.15, 0.2) is 5.78 Å². The van der Waals surface area contributed by atoms with Crippen LogP contribution in [0.15, 0.2) is 72.6 Å². The van der Waals surface area contributed by atoms with E-state index in [2.05, 4.69) is 4.98 Å². The van der Waals surface area contributed by atoms with Crippen molar-refractivity contribution in [1.29, 1.82) is 0 Å². The molecular weight excluding hydrogens is 364 g/mol. The molecule has 2 heterocycles. The van der Waals surface area contributed by atoms with Crippen LogP contribution in [0.4, 0.5) is 0 Å². The number of nitrogens with zero attached hydrogens (tertiary/aromatic N) is 1. The Morgan fingerprint density at radius 3 is 2.55 bits per heavy atom. The van der Waals surface area contributed by atoms with E-state index in [1.54, 1.807) is 13.1 Å². The smallest absolute Gasteiger partial charge is 0.326 e. The molecule has 0 fully saturated rings. The first-order chi connectivity index (χ1) is 14.0. The lowest BCUT2D eigenvalue weighted by Gasteiger charge is -2.42. The topological polar surface area (TPSA) is 73.4 Å². The fraction of sp³-hybridized carbons (Fsp3) is 0.250. The summed E-state index contributed by atoms with van der Waals surface area (Å²) in [5, 5.41) is 11.2. The molecule has 4 rings (SSSR count). The van der Waals surface area contributed by atoms with Crippen molar-refractivity contribution in [3.8, 4) is 0 Å². The zero-order valence-corrected chi connectivity index (χ0v) is 16.5. The van der Waals surface area contributed by atoms with Crippen LogP contribution >= 0.6 is 0 Å². The van der Waals surface area contributed by atoms with Crippen LogP contribution in [-0.2, 0) is 16.0 Å². The number of ketones is 1. The molecule has 1 aromatic heterocycles. The SMILES string of the molecule is CC1=CN([C@@H](Cc2c[nH]c3ccccc23)C(=O)O)[C@H](c2ccccc2)[C@@H](C)C1=O. The Morgan fingerprint density at radius 1 is 1.14 bits per heavy atom. The van der Waals surface area contributed by atoms with Crippen molar-refractivity contribution in [2.75, 3.05) is 0 Å². The molecule has 0 aliphatic carbocycles. The van der Waals surface area contributed by atoms with Gasteiger partial charge in [0.1, 0.15) is 6.04 Å². The monoisotopic (exact) mass is 388 g/mol. The average Bonchev–Trinajstić information content (AvgIpc) is 3.13. The van der Waals surface area contributed by atoms with Crippen LogP contribution in [0.25, 0.3) is 10.9 Å². The molecular formula is C24H24N2O3. The highest BCUT2D eigenvalue weighted by Crippen LogP contribution is 2.37. The van der Waals surface area contributed by atoms with Gasteiger partial charge in [-0.2, -0.15) is 0 Å². The number of hydrogen-bond acceptors (Lipinski definition) is 3. The number of aromatic nitrogens is 1. The molecule has 3 aromatic rings. The lowest BCUT2D eigenvalue weighted by molar-refractivity contribution is -0.144. The Hall–Kier alpha value is -3.34. The van der Waals surface area contributed by atoms with E-state index in [1.165, 1.54) is 0 Å². The lowest BCUT2D eigenvalue weighted by Crippen LogP contribution is -2.47. The summed E-state index contributed by atoms with van der Waals surface area (Å²) >= 11 is 0. The minimum atomic E-state index is -0.901. The molecule has 148 valence electrons. The van der Waals surface area contributed by atoms with Gasteiger partial charge in [-0.25, -0.2) is 4.79 Å². The Kier molecular flexibility index (Phi) is 4.97. The van der Waals surface area contributed by atoms with Crippen molar-refractivity contribution in [3.05, 3.63) is 83.7 Å². The lowest BCUT2D eigenvalue weighted by atomic mass is 9.83. The molecule has 29 heavy (non-hydrogen) atoms. The summed E-state index contributed by atoms with van der Waals surface area (Å²) < 4.78 is 0. The number of carbonyl (C=O) groups is 2. The van der Waals surface area contributed by atoms with Crippen LogP contribution in [0.2, 0.25) is 0 Å². The molecule has 2 aromatic carbocycles. The molecule has 0 unspecified atom stereocenters. The number of H-pyrrole nitrogens is 1. The third kappa shape index (κ3) is 3.44. The fourth-order valence-electron chi connectivity index (χ4n) is 4.35. The van der Waals surface area contributed by atoms with E-state index in [4.69, 9.17) is 0 Å². The second-order valence-electron chi connectivity index (χ2n) is 7.69. The number of para-hydroxylation sites is 1. The molecule has 5 heteroatoms. The van der Waals surface area contributed by atoms with Crippen molar-refractivity contribution in [2.45, 2.75) is 32.4 Å². The summed E-state index contributed by atoms with van der Waals surface area (Å²) in [6.45, 7) is 3.64. The summed E-state index contributed by atoms with van der Waals surface area (Å²) in [4.78, 5) is 30.1. The van der Waals surface area contributed by atoms with Gasteiger partial charge in [0.05, 0.1) is 6.04 Å². The Balaban J connectivity index is 1.77. The molecule has 5 nitrogen and oxygen atoms in total. The van der Waals surface area contributed by atoms with E-state index < -0.39 is 12.0 Å². The number of hydrogen-bond donors (Lipinski definition) is 2. The fourth-order valence-corrected chi connectivity index (χ4v) is 4.35. The predicted octanol–water partition coefficient (Wildman–Crippen LogP) is 4.33. The molecule has 0 spiro atoms. The number of Topliss-reactive ketones (excluding diaryl/α,β-unsaturated/α-hetero) is 1. The Morgan fingerprint density at radius 2 is 1.83 bits per heavy atom. The van der Waals surface area contributed by atoms with Crippen LogP contribution in [0.5, 0.6) is 0 Å². The third-order valence-corrected chi connectivity index (χ3v) is 5.81. The van der Waals surface area contributed by atoms with E-state index in [0.29, 0.717) is 12.0 Å². The van der Waals surface area contributed by atoms with E-state index >= 15 is 0 Å². The van der Waals surface area contributed by atoms with Gasteiger partial charge in [0, 0.05) is 41.2 Å². The van der Waals surface area contributed by atoms with Gasteiger partial charge >= 0.3 is 5.97 Å². The zero-order chi connectivity index (χ0) is 20.5. The van der Waals surface area contributed by atoms with Gasteiger partial charge in [-0.1, -0.05) is 55.5 Å². The van der Waals surface area contributed by atoms with Gasteiger partial charge < -0.3 is 15.0 Å². The summed E-state index contributed by atoms with van der Waals surface area (Å²) in [6.07, 6.45) is 3.95. The van der Waals surface area contributed by atoms with Gasteiger partial charge in [0.25, 0.3) is 0 Å². The number of carboxylic acid groups (broad SMARTS) is 1. The van der Waals surface area contributed by atoms with Crippen LogP contribution in [0.3, 0.4) is 0 Å². The molecule has 0 amide bonds. The molecule has 1 aliphatic rings. The number of carbonyl (C=O) groups excluding carboxylic acids is 1. The first kappa shape index (κ1) is 19.0. The van der Waals surface area contributed by atoms with Gasteiger partial charge in [-0.05, 0) is 24.1 Å². The predicted molar refractivity (Wildman–Crippen MR) is 112 cm³/mol. The number of aliphatic carboxylic acids is 1. The number of carboxylic acids is 1.